The summed E-state index contributed by atoms with van der Waals surface area (Å²) in [7, 11) is 0. The number of benzene rings is 1. The highest BCUT2D eigenvalue weighted by Crippen LogP contribution is 2.19. The van der Waals surface area contributed by atoms with Crippen molar-refractivity contribution in [2.75, 3.05) is 0 Å². The molecule has 114 valence electrons. The Labute approximate surface area is 126 Å². The molecule has 0 aliphatic carbocycles. The number of amides is 2. The summed E-state index contributed by atoms with van der Waals surface area (Å²) in [6.07, 6.45) is 0.994. The summed E-state index contributed by atoms with van der Waals surface area (Å²) in [4.78, 5) is 26.3. The van der Waals surface area contributed by atoms with Crippen molar-refractivity contribution < 1.29 is 9.59 Å². The molecule has 0 saturated carbocycles. The number of aryl methyl sites for hydroxylation is 2. The minimum Gasteiger partial charge on any atom is -0.344 e. The van der Waals surface area contributed by atoms with Crippen molar-refractivity contribution >= 4 is 11.8 Å². The molecule has 1 aromatic carbocycles. The molecule has 0 radical (unpaired) electrons. The van der Waals surface area contributed by atoms with Gasteiger partial charge in [0.15, 0.2) is 0 Å². The number of carbonyl (C=O) groups excluding carboxylic acids is 2. The van der Waals surface area contributed by atoms with Gasteiger partial charge in [-0.3, -0.25) is 9.59 Å². The van der Waals surface area contributed by atoms with Crippen LogP contribution < -0.4 is 5.32 Å². The number of carbonyl (C=O) groups is 2. The highest BCUT2D eigenvalue weighted by Gasteiger charge is 2.32. The first-order valence-corrected chi connectivity index (χ1v) is 7.58. The van der Waals surface area contributed by atoms with Crippen LogP contribution in [0.15, 0.2) is 18.2 Å². The Hall–Kier alpha value is -1.84. The second-order valence-corrected chi connectivity index (χ2v) is 5.98. The van der Waals surface area contributed by atoms with Gasteiger partial charge in [0.2, 0.25) is 11.8 Å². The lowest BCUT2D eigenvalue weighted by Crippen LogP contribution is -2.45. The highest BCUT2D eigenvalue weighted by molar-refractivity contribution is 5.90. The molecule has 0 spiro atoms. The average molecular weight is 288 g/mol. The summed E-state index contributed by atoms with van der Waals surface area (Å²) in [5.41, 5.74) is 3.52. The van der Waals surface area contributed by atoms with E-state index in [2.05, 4.69) is 37.4 Å². The first-order valence-electron chi connectivity index (χ1n) is 7.58. The molecule has 1 aliphatic heterocycles. The van der Waals surface area contributed by atoms with E-state index >= 15 is 0 Å². The number of rotatable bonds is 3. The molecule has 4 heteroatoms. The van der Waals surface area contributed by atoms with Crippen LogP contribution in [0.25, 0.3) is 0 Å². The monoisotopic (exact) mass is 288 g/mol. The maximum absolute atomic E-state index is 12.6. The third kappa shape index (κ3) is 3.43. The van der Waals surface area contributed by atoms with Crippen molar-refractivity contribution in [2.24, 2.45) is 0 Å². The van der Waals surface area contributed by atoms with Gasteiger partial charge in [-0.25, -0.2) is 0 Å². The van der Waals surface area contributed by atoms with E-state index in [4.69, 9.17) is 0 Å². The molecule has 2 unspecified atom stereocenters. The SMILES string of the molecule is CCC1NC(=O)CC(C)N(Cc2cc(C)ccc2C)C1=O. The Morgan fingerprint density at radius 3 is 2.67 bits per heavy atom. The Morgan fingerprint density at radius 1 is 1.29 bits per heavy atom. The molecule has 1 fully saturated rings. The van der Waals surface area contributed by atoms with Gasteiger partial charge >= 0.3 is 0 Å². The fourth-order valence-electron chi connectivity index (χ4n) is 2.78. The maximum Gasteiger partial charge on any atom is 0.245 e. The summed E-state index contributed by atoms with van der Waals surface area (Å²) in [6, 6.07) is 5.81. The molecule has 1 aliphatic rings. The molecule has 2 amide bonds. The maximum atomic E-state index is 12.6. The van der Waals surface area contributed by atoms with Gasteiger partial charge in [-0.1, -0.05) is 30.7 Å². The van der Waals surface area contributed by atoms with Gasteiger partial charge in [-0.2, -0.15) is 0 Å². The number of hydrogen-bond acceptors (Lipinski definition) is 2. The Balaban J connectivity index is 2.28. The first-order chi connectivity index (χ1) is 9.92. The van der Waals surface area contributed by atoms with E-state index in [1.54, 1.807) is 0 Å². The lowest BCUT2D eigenvalue weighted by Gasteiger charge is -2.29. The second-order valence-electron chi connectivity index (χ2n) is 5.98. The third-order valence-electron chi connectivity index (χ3n) is 4.18. The Morgan fingerprint density at radius 2 is 2.00 bits per heavy atom. The zero-order chi connectivity index (χ0) is 15.6. The van der Waals surface area contributed by atoms with Crippen LogP contribution in [-0.2, 0) is 16.1 Å². The van der Waals surface area contributed by atoms with E-state index in [1.807, 2.05) is 18.7 Å². The van der Waals surface area contributed by atoms with E-state index in [-0.39, 0.29) is 17.9 Å². The summed E-state index contributed by atoms with van der Waals surface area (Å²) in [5.74, 6) is -0.0112. The minimum absolute atomic E-state index is 0.0248. The average Bonchev–Trinajstić information content (AvgIpc) is 2.53. The topological polar surface area (TPSA) is 49.4 Å². The number of nitrogens with zero attached hydrogens (tertiary/aromatic N) is 1. The fourth-order valence-corrected chi connectivity index (χ4v) is 2.78. The second kappa shape index (κ2) is 6.29. The van der Waals surface area contributed by atoms with Crippen LogP contribution in [0.4, 0.5) is 0 Å². The zero-order valence-electron chi connectivity index (χ0n) is 13.3. The fraction of sp³-hybridized carbons (Fsp3) is 0.529. The van der Waals surface area contributed by atoms with Crippen LogP contribution in [-0.4, -0.2) is 28.8 Å². The van der Waals surface area contributed by atoms with E-state index in [0.29, 0.717) is 19.4 Å². The molecular formula is C17H24N2O2. The van der Waals surface area contributed by atoms with Gasteiger partial charge in [-0.05, 0) is 38.3 Å². The molecule has 2 atom stereocenters. The van der Waals surface area contributed by atoms with Gasteiger partial charge in [0, 0.05) is 19.0 Å². The largest absolute Gasteiger partial charge is 0.344 e. The van der Waals surface area contributed by atoms with Crippen LogP contribution in [0.5, 0.6) is 0 Å². The summed E-state index contributed by atoms with van der Waals surface area (Å²) >= 11 is 0. The van der Waals surface area contributed by atoms with Crippen molar-refractivity contribution in [3.05, 3.63) is 34.9 Å². The molecule has 1 aromatic rings. The lowest BCUT2D eigenvalue weighted by molar-refractivity contribution is -0.135. The molecular weight excluding hydrogens is 264 g/mol. The standard InChI is InChI=1S/C17H24N2O2/c1-5-15-17(21)19(13(4)9-16(20)18-15)10-14-8-11(2)6-7-12(14)3/h6-8,13,15H,5,9-10H2,1-4H3,(H,18,20). The highest BCUT2D eigenvalue weighted by atomic mass is 16.2. The van der Waals surface area contributed by atoms with Gasteiger partial charge in [0.1, 0.15) is 6.04 Å². The quantitative estimate of drug-likeness (QED) is 0.928. The smallest absolute Gasteiger partial charge is 0.245 e. The first kappa shape index (κ1) is 15.5. The Kier molecular flexibility index (Phi) is 4.66. The van der Waals surface area contributed by atoms with E-state index in [9.17, 15) is 9.59 Å². The number of hydrogen-bond donors (Lipinski definition) is 1. The summed E-state index contributed by atoms with van der Waals surface area (Å²) in [6.45, 7) is 8.55. The zero-order valence-corrected chi connectivity index (χ0v) is 13.3. The predicted octanol–water partition coefficient (Wildman–Crippen LogP) is 2.32. The van der Waals surface area contributed by atoms with Crippen LogP contribution in [0.3, 0.4) is 0 Å². The minimum atomic E-state index is -0.396. The molecule has 1 saturated heterocycles. The summed E-state index contributed by atoms with van der Waals surface area (Å²) < 4.78 is 0. The van der Waals surface area contributed by atoms with Crippen molar-refractivity contribution in [3.63, 3.8) is 0 Å². The van der Waals surface area contributed by atoms with Crippen LogP contribution in [0.1, 0.15) is 43.4 Å². The normalized spacial score (nSPS) is 23.0. The van der Waals surface area contributed by atoms with Gasteiger partial charge in [0.25, 0.3) is 0 Å². The van der Waals surface area contributed by atoms with Crippen LogP contribution >= 0.6 is 0 Å². The molecule has 2 rings (SSSR count). The number of nitrogens with one attached hydrogen (secondary N) is 1. The van der Waals surface area contributed by atoms with E-state index < -0.39 is 6.04 Å². The third-order valence-corrected chi connectivity index (χ3v) is 4.18. The van der Waals surface area contributed by atoms with E-state index in [0.717, 1.165) is 5.56 Å². The van der Waals surface area contributed by atoms with Crippen LogP contribution in [0, 0.1) is 13.8 Å². The lowest BCUT2D eigenvalue weighted by atomic mass is 10.0. The van der Waals surface area contributed by atoms with Crippen molar-refractivity contribution in [1.29, 1.82) is 0 Å². The Bertz CT molecular complexity index is 554. The van der Waals surface area contributed by atoms with Gasteiger partial charge < -0.3 is 10.2 Å². The van der Waals surface area contributed by atoms with Crippen molar-refractivity contribution in [3.8, 4) is 0 Å². The molecule has 0 bridgehead atoms. The van der Waals surface area contributed by atoms with E-state index in [1.165, 1.54) is 11.1 Å². The molecule has 0 aromatic heterocycles. The van der Waals surface area contributed by atoms with Gasteiger partial charge in [0.05, 0.1) is 0 Å². The molecule has 1 heterocycles. The predicted molar refractivity (Wildman–Crippen MR) is 82.8 cm³/mol. The molecule has 4 nitrogen and oxygen atoms in total. The molecule has 1 N–H and O–H groups in total. The van der Waals surface area contributed by atoms with Crippen molar-refractivity contribution in [1.82, 2.24) is 10.2 Å². The van der Waals surface area contributed by atoms with Crippen molar-refractivity contribution in [2.45, 2.75) is 59.2 Å². The van der Waals surface area contributed by atoms with Crippen LogP contribution in [0.2, 0.25) is 0 Å². The summed E-state index contributed by atoms with van der Waals surface area (Å²) in [5, 5.41) is 2.82. The molecule has 21 heavy (non-hydrogen) atoms. The van der Waals surface area contributed by atoms with Gasteiger partial charge in [-0.15, -0.1) is 0 Å².